The molecule has 224 valence electrons. The fourth-order valence-electron chi connectivity index (χ4n) is 7.35. The molecule has 0 fully saturated rings. The second kappa shape index (κ2) is 11.2. The molecule has 0 bridgehead atoms. The Bertz CT molecular complexity index is 2010. The summed E-state index contributed by atoms with van der Waals surface area (Å²) >= 11 is 0. The summed E-state index contributed by atoms with van der Waals surface area (Å²) in [5.41, 5.74) is 10.2. The number of anilines is 3. The van der Waals surface area contributed by atoms with Crippen molar-refractivity contribution in [1.29, 1.82) is 0 Å². The summed E-state index contributed by atoms with van der Waals surface area (Å²) in [6.07, 6.45) is 15.9. The third-order valence-corrected chi connectivity index (χ3v) is 9.63. The van der Waals surface area contributed by atoms with Crippen LogP contribution in [0, 0.1) is 0 Å². The number of aromatic nitrogens is 2. The van der Waals surface area contributed by atoms with Crippen LogP contribution in [0.1, 0.15) is 54.5 Å². The summed E-state index contributed by atoms with van der Waals surface area (Å²) in [5, 5.41) is 3.61. The van der Waals surface area contributed by atoms with Gasteiger partial charge >= 0.3 is 0 Å². The summed E-state index contributed by atoms with van der Waals surface area (Å²) in [6, 6.07) is 36.2. The molecule has 1 N–H and O–H groups in total. The second-order valence-corrected chi connectivity index (χ2v) is 12.4. The molecule has 3 atom stereocenters. The number of fused-ring (bicyclic) bond motifs is 5. The average molecular weight is 599 g/mol. The Balaban J connectivity index is 1.16. The van der Waals surface area contributed by atoms with E-state index >= 15 is 0 Å². The summed E-state index contributed by atoms with van der Waals surface area (Å²) in [5.74, 6) is 2.65. The Morgan fingerprint density at radius 3 is 2.33 bits per heavy atom. The molecule has 4 aliphatic rings. The number of hydrogen-bond donors (Lipinski definition) is 1. The van der Waals surface area contributed by atoms with Crippen LogP contribution >= 0.6 is 0 Å². The van der Waals surface area contributed by atoms with E-state index in [-0.39, 0.29) is 18.2 Å². The Hall–Kier alpha value is -5.42. The van der Waals surface area contributed by atoms with Crippen LogP contribution in [0.3, 0.4) is 0 Å². The van der Waals surface area contributed by atoms with E-state index in [1.54, 1.807) is 0 Å². The van der Waals surface area contributed by atoms with Crippen molar-refractivity contribution in [3.8, 4) is 28.4 Å². The number of nitrogens with one attached hydrogen (secondary N) is 1. The maximum absolute atomic E-state index is 6.68. The Labute approximate surface area is 269 Å². The topological polar surface area (TPSA) is 50.3 Å². The highest BCUT2D eigenvalue weighted by Gasteiger charge is 2.43. The van der Waals surface area contributed by atoms with E-state index in [0.29, 0.717) is 0 Å². The molecule has 0 saturated heterocycles. The second-order valence-electron chi connectivity index (χ2n) is 12.4. The molecule has 0 amide bonds. The van der Waals surface area contributed by atoms with Gasteiger partial charge in [-0.05, 0) is 49.0 Å². The molecule has 9 rings (SSSR count). The fraction of sp³-hybridized carbons (Fsp3) is 0.171. The highest BCUT2D eigenvalue weighted by molar-refractivity contribution is 5.84. The number of rotatable bonds is 5. The van der Waals surface area contributed by atoms with E-state index in [1.807, 2.05) is 24.3 Å². The van der Waals surface area contributed by atoms with Crippen molar-refractivity contribution >= 4 is 22.8 Å². The standard InChI is InChI=1S/C41H34N4O/c1-4-12-27(13-5-1)28-20-22-29(23-21-28)34-26-37(44-40(42-34)30-14-6-2-7-15-30)45-35-19-11-10-18-32(35)38-36(45)25-24-33-39(38)46-41(43-33)31-16-8-3-9-17-31/h2-3,6-12,14-26,32,35,41,43H,1,4-5,13H2. The maximum atomic E-state index is 6.68. The molecule has 2 aliphatic heterocycles. The van der Waals surface area contributed by atoms with Crippen LogP contribution in [0.2, 0.25) is 0 Å². The van der Waals surface area contributed by atoms with Crippen molar-refractivity contribution in [2.24, 2.45) is 0 Å². The van der Waals surface area contributed by atoms with Crippen LogP contribution in [-0.2, 0) is 0 Å². The van der Waals surface area contributed by atoms with Gasteiger partial charge in [-0.15, -0.1) is 0 Å². The van der Waals surface area contributed by atoms with E-state index < -0.39 is 0 Å². The predicted octanol–water partition coefficient (Wildman–Crippen LogP) is 10.0. The first kappa shape index (κ1) is 26.9. The SMILES string of the molecule is C1=CC2c3c(ccc4c3OC(c3ccccc3)N4)N(c3cc(-c4ccc(C5=CCCCC5)cc4)nc(-c4ccccc4)n3)C2C=C1. The van der Waals surface area contributed by atoms with Crippen molar-refractivity contribution in [3.05, 3.63) is 150 Å². The molecule has 0 spiro atoms. The lowest BCUT2D eigenvalue weighted by atomic mass is 9.90. The molecular weight excluding hydrogens is 564 g/mol. The van der Waals surface area contributed by atoms with Gasteiger partial charge < -0.3 is 15.0 Å². The Kier molecular flexibility index (Phi) is 6.55. The minimum absolute atomic E-state index is 0.0675. The van der Waals surface area contributed by atoms with Crippen LogP contribution in [0.4, 0.5) is 17.2 Å². The van der Waals surface area contributed by atoms with Crippen LogP contribution < -0.4 is 15.0 Å². The number of allylic oxidation sites excluding steroid dienone is 4. The first-order chi connectivity index (χ1) is 22.8. The normalized spacial score (nSPS) is 20.7. The van der Waals surface area contributed by atoms with Gasteiger partial charge in [-0.1, -0.05) is 115 Å². The molecular formula is C41H34N4O. The zero-order chi connectivity index (χ0) is 30.5. The van der Waals surface area contributed by atoms with Crippen molar-refractivity contribution in [2.75, 3.05) is 10.2 Å². The minimum Gasteiger partial charge on any atom is -0.464 e. The molecule has 4 aromatic carbocycles. The lowest BCUT2D eigenvalue weighted by Crippen LogP contribution is -2.29. The quantitative estimate of drug-likeness (QED) is 0.218. The summed E-state index contributed by atoms with van der Waals surface area (Å²) in [4.78, 5) is 12.7. The largest absolute Gasteiger partial charge is 0.464 e. The molecule has 3 heterocycles. The van der Waals surface area contributed by atoms with Gasteiger partial charge in [-0.3, -0.25) is 0 Å². The average Bonchev–Trinajstić information content (AvgIpc) is 3.72. The van der Waals surface area contributed by atoms with Gasteiger partial charge in [0.05, 0.1) is 23.1 Å². The Morgan fingerprint density at radius 1 is 0.739 bits per heavy atom. The van der Waals surface area contributed by atoms with Gasteiger partial charge in [-0.2, -0.15) is 0 Å². The summed E-state index contributed by atoms with van der Waals surface area (Å²) in [6.45, 7) is 0. The summed E-state index contributed by atoms with van der Waals surface area (Å²) < 4.78 is 6.68. The van der Waals surface area contributed by atoms with Gasteiger partial charge in [0.2, 0.25) is 0 Å². The van der Waals surface area contributed by atoms with E-state index in [4.69, 9.17) is 14.7 Å². The van der Waals surface area contributed by atoms with Crippen molar-refractivity contribution in [3.63, 3.8) is 0 Å². The highest BCUT2D eigenvalue weighted by Crippen LogP contribution is 2.56. The van der Waals surface area contributed by atoms with E-state index in [1.165, 1.54) is 36.0 Å². The molecule has 2 aliphatic carbocycles. The van der Waals surface area contributed by atoms with Gasteiger partial charge in [0, 0.05) is 34.2 Å². The first-order valence-corrected chi connectivity index (χ1v) is 16.3. The predicted molar refractivity (Wildman–Crippen MR) is 186 cm³/mol. The minimum atomic E-state index is -0.221. The van der Waals surface area contributed by atoms with E-state index in [2.05, 4.69) is 119 Å². The molecule has 5 aromatic rings. The summed E-state index contributed by atoms with van der Waals surface area (Å²) in [7, 11) is 0. The highest BCUT2D eigenvalue weighted by atomic mass is 16.5. The lowest BCUT2D eigenvalue weighted by Gasteiger charge is -2.28. The van der Waals surface area contributed by atoms with Crippen LogP contribution in [0.15, 0.2) is 134 Å². The van der Waals surface area contributed by atoms with E-state index in [0.717, 1.165) is 57.6 Å². The number of ether oxygens (including phenoxy) is 1. The fourth-order valence-corrected chi connectivity index (χ4v) is 7.35. The molecule has 5 heteroatoms. The zero-order valence-electron chi connectivity index (χ0n) is 25.5. The number of nitrogens with zero attached hydrogens (tertiary/aromatic N) is 3. The Morgan fingerprint density at radius 2 is 1.52 bits per heavy atom. The van der Waals surface area contributed by atoms with Crippen LogP contribution in [0.5, 0.6) is 5.75 Å². The molecule has 0 saturated carbocycles. The monoisotopic (exact) mass is 598 g/mol. The zero-order valence-corrected chi connectivity index (χ0v) is 25.5. The number of hydrogen-bond acceptors (Lipinski definition) is 5. The third kappa shape index (κ3) is 4.62. The van der Waals surface area contributed by atoms with Gasteiger partial charge in [0.1, 0.15) is 5.82 Å². The first-order valence-electron chi connectivity index (χ1n) is 16.3. The van der Waals surface area contributed by atoms with Crippen LogP contribution in [-0.4, -0.2) is 16.0 Å². The maximum Gasteiger partial charge on any atom is 0.196 e. The van der Waals surface area contributed by atoms with Gasteiger partial charge in [0.15, 0.2) is 17.8 Å². The molecule has 46 heavy (non-hydrogen) atoms. The van der Waals surface area contributed by atoms with Gasteiger partial charge in [0.25, 0.3) is 0 Å². The number of benzene rings is 4. The van der Waals surface area contributed by atoms with Crippen molar-refractivity contribution in [2.45, 2.75) is 43.9 Å². The van der Waals surface area contributed by atoms with Crippen molar-refractivity contribution in [1.82, 2.24) is 9.97 Å². The third-order valence-electron chi connectivity index (χ3n) is 9.63. The van der Waals surface area contributed by atoms with E-state index in [9.17, 15) is 0 Å². The lowest BCUT2D eigenvalue weighted by molar-refractivity contribution is 0.257. The van der Waals surface area contributed by atoms with Crippen molar-refractivity contribution < 1.29 is 4.74 Å². The van der Waals surface area contributed by atoms with Gasteiger partial charge in [-0.25, -0.2) is 9.97 Å². The molecule has 1 aromatic heterocycles. The smallest absolute Gasteiger partial charge is 0.196 e. The molecule has 3 unspecified atom stereocenters. The molecule has 0 radical (unpaired) electrons. The molecule has 5 nitrogen and oxygen atoms in total. The van der Waals surface area contributed by atoms with Crippen LogP contribution in [0.25, 0.3) is 28.2 Å².